The number of nitrogens with two attached hydrogens (primary N) is 1. The smallest absolute Gasteiger partial charge is 0.311 e. The van der Waals surface area contributed by atoms with Gasteiger partial charge >= 0.3 is 5.69 Å². The van der Waals surface area contributed by atoms with E-state index in [2.05, 4.69) is 15.3 Å². The van der Waals surface area contributed by atoms with Crippen molar-refractivity contribution in [1.82, 2.24) is 9.97 Å². The van der Waals surface area contributed by atoms with Gasteiger partial charge in [-0.3, -0.25) is 10.1 Å². The van der Waals surface area contributed by atoms with Crippen LogP contribution in [0.3, 0.4) is 0 Å². The zero-order valence-electron chi connectivity index (χ0n) is 10.3. The highest BCUT2D eigenvalue weighted by molar-refractivity contribution is 7.09. The van der Waals surface area contributed by atoms with Crippen LogP contribution in [0, 0.1) is 17.0 Å². The van der Waals surface area contributed by atoms with Gasteiger partial charge in [0.1, 0.15) is 5.82 Å². The summed E-state index contributed by atoms with van der Waals surface area (Å²) in [7, 11) is 0. The van der Waals surface area contributed by atoms with E-state index in [9.17, 15) is 10.1 Å². The van der Waals surface area contributed by atoms with Gasteiger partial charge in [0, 0.05) is 24.4 Å². The molecule has 0 radical (unpaired) electrons. The number of rotatable bonds is 5. The Balaban J connectivity index is 2.02. The van der Waals surface area contributed by atoms with E-state index in [4.69, 9.17) is 5.73 Å². The van der Waals surface area contributed by atoms with Crippen molar-refractivity contribution in [2.24, 2.45) is 0 Å². The van der Waals surface area contributed by atoms with Crippen LogP contribution >= 0.6 is 11.3 Å². The van der Waals surface area contributed by atoms with E-state index in [1.54, 1.807) is 11.3 Å². The normalized spacial score (nSPS) is 10.4. The van der Waals surface area contributed by atoms with Gasteiger partial charge in [-0.1, -0.05) is 0 Å². The lowest BCUT2D eigenvalue weighted by atomic mass is 10.3. The highest BCUT2D eigenvalue weighted by Crippen LogP contribution is 2.22. The molecule has 0 fully saturated rings. The summed E-state index contributed by atoms with van der Waals surface area (Å²) < 4.78 is 0. The highest BCUT2D eigenvalue weighted by atomic mass is 32.1. The topological polar surface area (TPSA) is 107 Å². The van der Waals surface area contributed by atoms with Crippen LogP contribution in [0.25, 0.3) is 0 Å². The number of anilines is 2. The average molecular weight is 279 g/mol. The van der Waals surface area contributed by atoms with E-state index in [1.807, 2.05) is 12.3 Å². The number of nitrogens with zero attached hydrogens (tertiary/aromatic N) is 3. The molecule has 100 valence electrons. The molecule has 0 saturated heterocycles. The Kier molecular flexibility index (Phi) is 3.91. The molecule has 0 aliphatic heterocycles. The molecular weight excluding hydrogens is 266 g/mol. The zero-order valence-corrected chi connectivity index (χ0v) is 11.1. The molecule has 0 atom stereocenters. The van der Waals surface area contributed by atoms with Gasteiger partial charge in [0.05, 0.1) is 15.6 Å². The molecule has 0 amide bonds. The zero-order chi connectivity index (χ0) is 13.8. The molecule has 8 heteroatoms. The monoisotopic (exact) mass is 279 g/mol. The van der Waals surface area contributed by atoms with E-state index in [-0.39, 0.29) is 17.3 Å². The number of aromatic nitrogens is 2. The number of hydrogen-bond donors (Lipinski definition) is 2. The van der Waals surface area contributed by atoms with Crippen molar-refractivity contribution in [1.29, 1.82) is 0 Å². The number of nitro groups is 1. The van der Waals surface area contributed by atoms with Gasteiger partial charge in [-0.15, -0.1) is 11.3 Å². The molecule has 0 aliphatic carbocycles. The third-order valence-corrected chi connectivity index (χ3v) is 3.25. The number of thiazole rings is 1. The Morgan fingerprint density at radius 2 is 2.26 bits per heavy atom. The molecule has 2 aromatic rings. The fourth-order valence-electron chi connectivity index (χ4n) is 1.58. The number of aryl methyl sites for hydroxylation is 1. The Bertz CT molecular complexity index is 599. The third kappa shape index (κ3) is 3.38. The van der Waals surface area contributed by atoms with E-state index in [1.165, 1.54) is 12.1 Å². The molecule has 0 saturated carbocycles. The SMILES string of the molecule is Cc1nc(CCNc2nc(N)ccc2[N+](=O)[O-])cs1. The second-order valence-corrected chi connectivity index (χ2v) is 4.96. The first-order valence-corrected chi connectivity index (χ1v) is 6.50. The quantitative estimate of drug-likeness (QED) is 0.640. The third-order valence-electron chi connectivity index (χ3n) is 2.43. The summed E-state index contributed by atoms with van der Waals surface area (Å²) in [4.78, 5) is 18.6. The van der Waals surface area contributed by atoms with Gasteiger partial charge in [0.25, 0.3) is 0 Å². The summed E-state index contributed by atoms with van der Waals surface area (Å²) in [5, 5.41) is 16.7. The molecule has 3 N–H and O–H groups in total. The highest BCUT2D eigenvalue weighted by Gasteiger charge is 2.14. The molecule has 0 aromatic carbocycles. The van der Waals surface area contributed by atoms with Gasteiger partial charge in [0.15, 0.2) is 0 Å². The molecule has 2 heterocycles. The first-order chi connectivity index (χ1) is 9.06. The Morgan fingerprint density at radius 1 is 1.47 bits per heavy atom. The maximum Gasteiger partial charge on any atom is 0.311 e. The first kappa shape index (κ1) is 13.2. The minimum Gasteiger partial charge on any atom is -0.384 e. The fraction of sp³-hybridized carbons (Fsp3) is 0.273. The molecule has 2 rings (SSSR count). The molecule has 2 aromatic heterocycles. The summed E-state index contributed by atoms with van der Waals surface area (Å²) in [6, 6.07) is 2.75. The van der Waals surface area contributed by atoms with Crippen LogP contribution < -0.4 is 11.1 Å². The number of pyridine rings is 1. The standard InChI is InChI=1S/C11H13N5O2S/c1-7-14-8(6-19-7)4-5-13-11-9(16(17)18)2-3-10(12)15-11/h2-3,6H,4-5H2,1H3,(H3,12,13,15). The maximum atomic E-state index is 10.8. The van der Waals surface area contributed by atoms with Crippen molar-refractivity contribution in [3.8, 4) is 0 Å². The first-order valence-electron chi connectivity index (χ1n) is 5.62. The molecule has 0 bridgehead atoms. The lowest BCUT2D eigenvalue weighted by Gasteiger charge is -2.05. The van der Waals surface area contributed by atoms with Gasteiger partial charge in [-0.2, -0.15) is 0 Å². The Morgan fingerprint density at radius 3 is 2.89 bits per heavy atom. The fourth-order valence-corrected chi connectivity index (χ4v) is 2.22. The van der Waals surface area contributed by atoms with Crippen LogP contribution in [0.2, 0.25) is 0 Å². The summed E-state index contributed by atoms with van der Waals surface area (Å²) in [5.74, 6) is 0.439. The van der Waals surface area contributed by atoms with Crippen LogP contribution in [-0.2, 0) is 6.42 Å². The number of nitrogens with one attached hydrogen (secondary N) is 1. The number of hydrogen-bond acceptors (Lipinski definition) is 7. The van der Waals surface area contributed by atoms with Crippen LogP contribution in [0.15, 0.2) is 17.5 Å². The minimum absolute atomic E-state index is 0.0799. The van der Waals surface area contributed by atoms with E-state index in [0.717, 1.165) is 10.7 Å². The van der Waals surface area contributed by atoms with Crippen LogP contribution in [0.5, 0.6) is 0 Å². The van der Waals surface area contributed by atoms with Crippen molar-refractivity contribution >= 4 is 28.7 Å². The predicted molar refractivity (Wildman–Crippen MR) is 74.3 cm³/mol. The number of nitrogen functional groups attached to an aromatic ring is 1. The van der Waals surface area contributed by atoms with Crippen LogP contribution in [-0.4, -0.2) is 21.4 Å². The molecule has 19 heavy (non-hydrogen) atoms. The predicted octanol–water partition coefficient (Wildman–Crippen LogP) is 1.99. The molecule has 0 spiro atoms. The van der Waals surface area contributed by atoms with Crippen molar-refractivity contribution in [3.63, 3.8) is 0 Å². The maximum absolute atomic E-state index is 10.8. The van der Waals surface area contributed by atoms with Gasteiger partial charge in [-0.05, 0) is 13.0 Å². The van der Waals surface area contributed by atoms with Gasteiger partial charge in [-0.25, -0.2) is 9.97 Å². The van der Waals surface area contributed by atoms with E-state index >= 15 is 0 Å². The van der Waals surface area contributed by atoms with Gasteiger partial charge in [0.2, 0.25) is 5.82 Å². The molecule has 0 unspecified atom stereocenters. The summed E-state index contributed by atoms with van der Waals surface area (Å²) in [5.41, 5.74) is 6.41. The summed E-state index contributed by atoms with van der Waals surface area (Å²) in [6.45, 7) is 2.45. The minimum atomic E-state index is -0.484. The van der Waals surface area contributed by atoms with Crippen molar-refractivity contribution in [2.75, 3.05) is 17.6 Å². The molecule has 0 aliphatic rings. The summed E-state index contributed by atoms with van der Waals surface area (Å²) >= 11 is 1.58. The Labute approximate surface area is 113 Å². The average Bonchev–Trinajstić information content (AvgIpc) is 2.75. The second-order valence-electron chi connectivity index (χ2n) is 3.90. The lowest BCUT2D eigenvalue weighted by molar-refractivity contribution is -0.384. The summed E-state index contributed by atoms with van der Waals surface area (Å²) in [6.07, 6.45) is 0.679. The lowest BCUT2D eigenvalue weighted by Crippen LogP contribution is -2.09. The van der Waals surface area contributed by atoms with Crippen molar-refractivity contribution in [3.05, 3.63) is 38.3 Å². The molecule has 7 nitrogen and oxygen atoms in total. The van der Waals surface area contributed by atoms with Crippen LogP contribution in [0.1, 0.15) is 10.7 Å². The van der Waals surface area contributed by atoms with Crippen LogP contribution in [0.4, 0.5) is 17.3 Å². The van der Waals surface area contributed by atoms with E-state index < -0.39 is 4.92 Å². The Hall–Kier alpha value is -2.22. The molecular formula is C11H13N5O2S. The largest absolute Gasteiger partial charge is 0.384 e. The van der Waals surface area contributed by atoms with Gasteiger partial charge < -0.3 is 11.1 Å². The van der Waals surface area contributed by atoms with E-state index in [0.29, 0.717) is 13.0 Å². The second kappa shape index (κ2) is 5.61. The van der Waals surface area contributed by atoms with Crippen molar-refractivity contribution < 1.29 is 4.92 Å². The van der Waals surface area contributed by atoms with Crippen molar-refractivity contribution in [2.45, 2.75) is 13.3 Å².